The van der Waals surface area contributed by atoms with Gasteiger partial charge in [-0.3, -0.25) is 14.5 Å². The average Bonchev–Trinajstić information content (AvgIpc) is 2.72. The van der Waals surface area contributed by atoms with Gasteiger partial charge in [-0.05, 0) is 29.2 Å². The van der Waals surface area contributed by atoms with Crippen molar-refractivity contribution < 1.29 is 9.59 Å². The number of carbonyl (C=O) groups is 2. The third-order valence-electron chi connectivity index (χ3n) is 4.29. The van der Waals surface area contributed by atoms with Crippen molar-refractivity contribution in [3.63, 3.8) is 0 Å². The molecule has 124 valence electrons. The molecule has 1 aliphatic heterocycles. The summed E-state index contributed by atoms with van der Waals surface area (Å²) in [4.78, 5) is 26.0. The van der Waals surface area contributed by atoms with Gasteiger partial charge in [-0.2, -0.15) is 0 Å². The summed E-state index contributed by atoms with van der Waals surface area (Å²) in [7, 11) is 0. The van der Waals surface area contributed by atoms with Crippen LogP contribution in [0.1, 0.15) is 53.0 Å². The van der Waals surface area contributed by atoms with E-state index in [-0.39, 0.29) is 22.6 Å². The molecule has 0 aliphatic carbocycles. The minimum atomic E-state index is -0.169. The van der Waals surface area contributed by atoms with E-state index in [0.29, 0.717) is 18.5 Å². The number of hydrogen-bond donors (Lipinski definition) is 0. The van der Waals surface area contributed by atoms with Crippen molar-refractivity contribution >= 4 is 11.8 Å². The third kappa shape index (κ3) is 4.31. The van der Waals surface area contributed by atoms with E-state index < -0.39 is 0 Å². The third-order valence-corrected chi connectivity index (χ3v) is 4.29. The molecule has 1 aliphatic rings. The molecule has 0 saturated carbocycles. The fourth-order valence-corrected chi connectivity index (χ4v) is 2.85. The van der Waals surface area contributed by atoms with Gasteiger partial charge in [-0.1, -0.05) is 65.0 Å². The number of amides is 2. The summed E-state index contributed by atoms with van der Waals surface area (Å²) in [5, 5.41) is 0. The van der Waals surface area contributed by atoms with Gasteiger partial charge >= 0.3 is 0 Å². The number of benzene rings is 1. The van der Waals surface area contributed by atoms with E-state index in [1.165, 1.54) is 16.5 Å². The SMILES string of the molecule is CC(C)(C)CN1C(=O)C=C(CCC(C)(C)c2ccccc2)C1=O. The van der Waals surface area contributed by atoms with Gasteiger partial charge in [0.2, 0.25) is 0 Å². The zero-order valence-electron chi connectivity index (χ0n) is 14.8. The van der Waals surface area contributed by atoms with Gasteiger partial charge < -0.3 is 0 Å². The van der Waals surface area contributed by atoms with Crippen molar-refractivity contribution in [1.82, 2.24) is 4.90 Å². The molecule has 0 radical (unpaired) electrons. The zero-order valence-corrected chi connectivity index (χ0v) is 14.8. The summed E-state index contributed by atoms with van der Waals surface area (Å²) < 4.78 is 0. The van der Waals surface area contributed by atoms with Gasteiger partial charge in [0.25, 0.3) is 11.8 Å². The van der Waals surface area contributed by atoms with E-state index >= 15 is 0 Å². The lowest BCUT2D eigenvalue weighted by atomic mass is 9.79. The summed E-state index contributed by atoms with van der Waals surface area (Å²) in [6.07, 6.45) is 2.99. The van der Waals surface area contributed by atoms with Gasteiger partial charge in [0.15, 0.2) is 0 Å². The molecule has 0 aromatic heterocycles. The van der Waals surface area contributed by atoms with E-state index in [4.69, 9.17) is 0 Å². The van der Waals surface area contributed by atoms with Crippen molar-refractivity contribution in [2.75, 3.05) is 6.54 Å². The monoisotopic (exact) mass is 313 g/mol. The number of carbonyl (C=O) groups excluding carboxylic acids is 2. The summed E-state index contributed by atoms with van der Waals surface area (Å²) in [5.41, 5.74) is 1.79. The molecule has 2 amide bonds. The predicted octanol–water partition coefficient (Wildman–Crippen LogP) is 4.09. The first-order valence-electron chi connectivity index (χ1n) is 8.22. The molecule has 0 bridgehead atoms. The van der Waals surface area contributed by atoms with Gasteiger partial charge in [0.05, 0.1) is 0 Å². The second-order valence-corrected chi connectivity index (χ2v) is 8.21. The molecular weight excluding hydrogens is 286 g/mol. The lowest BCUT2D eigenvalue weighted by Crippen LogP contribution is -2.38. The van der Waals surface area contributed by atoms with E-state index in [1.807, 2.05) is 39.0 Å². The number of rotatable bonds is 5. The van der Waals surface area contributed by atoms with Crippen LogP contribution in [-0.4, -0.2) is 23.3 Å². The first kappa shape index (κ1) is 17.5. The quantitative estimate of drug-likeness (QED) is 0.768. The molecule has 0 N–H and O–H groups in total. The molecule has 3 nitrogen and oxygen atoms in total. The summed E-state index contributed by atoms with van der Waals surface area (Å²) >= 11 is 0. The lowest BCUT2D eigenvalue weighted by Gasteiger charge is -2.27. The second kappa shape index (κ2) is 6.31. The Kier molecular flexibility index (Phi) is 4.79. The van der Waals surface area contributed by atoms with Crippen molar-refractivity contribution in [3.8, 4) is 0 Å². The maximum Gasteiger partial charge on any atom is 0.256 e. The molecule has 23 heavy (non-hydrogen) atoms. The summed E-state index contributed by atoms with van der Waals surface area (Å²) in [5.74, 6) is -0.286. The highest BCUT2D eigenvalue weighted by Crippen LogP contribution is 2.31. The maximum absolute atomic E-state index is 12.5. The Hall–Kier alpha value is -1.90. The zero-order chi connectivity index (χ0) is 17.3. The lowest BCUT2D eigenvalue weighted by molar-refractivity contribution is -0.138. The average molecular weight is 313 g/mol. The Balaban J connectivity index is 2.03. The molecule has 0 atom stereocenters. The largest absolute Gasteiger partial charge is 0.275 e. The Labute approximate surface area is 139 Å². The minimum Gasteiger partial charge on any atom is -0.275 e. The van der Waals surface area contributed by atoms with Crippen LogP contribution in [0.2, 0.25) is 0 Å². The van der Waals surface area contributed by atoms with Crippen molar-refractivity contribution in [3.05, 3.63) is 47.5 Å². The Bertz CT molecular complexity index is 621. The molecule has 1 aromatic rings. The van der Waals surface area contributed by atoms with Gasteiger partial charge in [0.1, 0.15) is 0 Å². The molecule has 1 heterocycles. The number of hydrogen-bond acceptors (Lipinski definition) is 2. The molecule has 0 spiro atoms. The van der Waals surface area contributed by atoms with E-state index in [0.717, 1.165) is 6.42 Å². The smallest absolute Gasteiger partial charge is 0.256 e. The molecule has 3 heteroatoms. The topological polar surface area (TPSA) is 37.4 Å². The highest BCUT2D eigenvalue weighted by Gasteiger charge is 2.34. The fraction of sp³-hybridized carbons (Fsp3) is 0.500. The molecule has 0 saturated heterocycles. The van der Waals surface area contributed by atoms with E-state index in [2.05, 4.69) is 26.0 Å². The molecule has 1 aromatic carbocycles. The van der Waals surface area contributed by atoms with Crippen LogP contribution in [0, 0.1) is 5.41 Å². The van der Waals surface area contributed by atoms with Crippen molar-refractivity contribution in [2.45, 2.75) is 52.9 Å². The number of imide groups is 1. The van der Waals surface area contributed by atoms with Gasteiger partial charge in [-0.15, -0.1) is 0 Å². The summed E-state index contributed by atoms with van der Waals surface area (Å²) in [6, 6.07) is 10.3. The van der Waals surface area contributed by atoms with Crippen molar-refractivity contribution in [2.24, 2.45) is 5.41 Å². The van der Waals surface area contributed by atoms with Crippen LogP contribution >= 0.6 is 0 Å². The molecular formula is C20H27NO2. The Morgan fingerprint density at radius 1 is 0.957 bits per heavy atom. The van der Waals surface area contributed by atoms with Crippen LogP contribution in [0.4, 0.5) is 0 Å². The van der Waals surface area contributed by atoms with Crippen LogP contribution in [0.15, 0.2) is 42.0 Å². The summed E-state index contributed by atoms with van der Waals surface area (Å²) in [6.45, 7) is 10.9. The second-order valence-electron chi connectivity index (χ2n) is 8.21. The van der Waals surface area contributed by atoms with E-state index in [1.54, 1.807) is 0 Å². The standard InChI is InChI=1S/C20H27NO2/c1-19(2,3)14-21-17(22)13-15(18(21)23)11-12-20(4,5)16-9-7-6-8-10-16/h6-10,13H,11-12,14H2,1-5H3. The van der Waals surface area contributed by atoms with Crippen LogP contribution in [0.3, 0.4) is 0 Å². The molecule has 0 unspecified atom stereocenters. The van der Waals surface area contributed by atoms with Crippen LogP contribution < -0.4 is 0 Å². The highest BCUT2D eigenvalue weighted by molar-refractivity contribution is 6.16. The van der Waals surface area contributed by atoms with Gasteiger partial charge in [-0.25, -0.2) is 0 Å². The first-order chi connectivity index (χ1) is 10.6. The predicted molar refractivity (Wildman–Crippen MR) is 93.0 cm³/mol. The highest BCUT2D eigenvalue weighted by atomic mass is 16.2. The van der Waals surface area contributed by atoms with Crippen LogP contribution in [0.25, 0.3) is 0 Å². The van der Waals surface area contributed by atoms with E-state index in [9.17, 15) is 9.59 Å². The minimum absolute atomic E-state index is 0.0249. The Morgan fingerprint density at radius 2 is 1.57 bits per heavy atom. The fourth-order valence-electron chi connectivity index (χ4n) is 2.85. The van der Waals surface area contributed by atoms with Crippen LogP contribution in [-0.2, 0) is 15.0 Å². The van der Waals surface area contributed by atoms with Crippen molar-refractivity contribution in [1.29, 1.82) is 0 Å². The first-order valence-corrected chi connectivity index (χ1v) is 8.22. The van der Waals surface area contributed by atoms with Gasteiger partial charge in [0, 0.05) is 18.2 Å². The molecule has 0 fully saturated rings. The number of nitrogens with zero attached hydrogens (tertiary/aromatic N) is 1. The maximum atomic E-state index is 12.5. The van der Waals surface area contributed by atoms with Crippen LogP contribution in [0.5, 0.6) is 0 Å². The normalized spacial score (nSPS) is 16.0. The Morgan fingerprint density at radius 3 is 2.13 bits per heavy atom. The molecule has 2 rings (SSSR count).